The molecule has 1 saturated carbocycles. The third-order valence-corrected chi connectivity index (χ3v) is 4.16. The van der Waals surface area contributed by atoms with Crippen LogP contribution in [0.1, 0.15) is 39.2 Å². The van der Waals surface area contributed by atoms with Crippen LogP contribution < -0.4 is 5.32 Å². The van der Waals surface area contributed by atoms with E-state index < -0.39 is 0 Å². The number of hydrogen-bond acceptors (Lipinski definition) is 2. The van der Waals surface area contributed by atoms with Gasteiger partial charge in [-0.1, -0.05) is 29.8 Å². The SMILES string of the molecule is CC(C)(C)NCC(COCC1CC1)Cc1ccccc1Cl. The number of rotatable bonds is 8. The molecule has 3 heteroatoms. The molecule has 118 valence electrons. The summed E-state index contributed by atoms with van der Waals surface area (Å²) >= 11 is 6.29. The van der Waals surface area contributed by atoms with Gasteiger partial charge >= 0.3 is 0 Å². The summed E-state index contributed by atoms with van der Waals surface area (Å²) in [6.07, 6.45) is 3.65. The topological polar surface area (TPSA) is 21.3 Å². The molecule has 21 heavy (non-hydrogen) atoms. The molecular weight excluding hydrogens is 282 g/mol. The van der Waals surface area contributed by atoms with Crippen molar-refractivity contribution < 1.29 is 4.74 Å². The van der Waals surface area contributed by atoms with Crippen molar-refractivity contribution in [2.75, 3.05) is 19.8 Å². The smallest absolute Gasteiger partial charge is 0.0509 e. The molecule has 0 aromatic heterocycles. The highest BCUT2D eigenvalue weighted by Gasteiger charge is 2.22. The van der Waals surface area contributed by atoms with Gasteiger partial charge < -0.3 is 10.1 Å². The van der Waals surface area contributed by atoms with Gasteiger partial charge in [0, 0.05) is 23.7 Å². The molecule has 1 aliphatic carbocycles. The summed E-state index contributed by atoms with van der Waals surface area (Å²) in [5.41, 5.74) is 1.35. The second kappa shape index (κ2) is 7.62. The van der Waals surface area contributed by atoms with E-state index in [4.69, 9.17) is 16.3 Å². The molecule has 0 spiro atoms. The van der Waals surface area contributed by atoms with E-state index in [-0.39, 0.29) is 5.54 Å². The molecule has 1 atom stereocenters. The Labute approximate surface area is 134 Å². The van der Waals surface area contributed by atoms with E-state index >= 15 is 0 Å². The van der Waals surface area contributed by atoms with Crippen molar-refractivity contribution in [2.24, 2.45) is 11.8 Å². The van der Waals surface area contributed by atoms with E-state index in [0.717, 1.165) is 37.1 Å². The van der Waals surface area contributed by atoms with Crippen LogP contribution >= 0.6 is 11.6 Å². The van der Waals surface area contributed by atoms with Crippen LogP contribution in [0.5, 0.6) is 0 Å². The predicted octanol–water partition coefficient (Wildman–Crippen LogP) is 4.31. The quantitative estimate of drug-likeness (QED) is 0.772. The molecule has 1 unspecified atom stereocenters. The number of halogens is 1. The molecule has 0 saturated heterocycles. The standard InChI is InChI=1S/C18H28ClNO/c1-18(2,3)20-11-15(13-21-12-14-8-9-14)10-16-6-4-5-7-17(16)19/h4-7,14-15,20H,8-13H2,1-3H3. The fourth-order valence-electron chi connectivity index (χ4n) is 2.30. The Morgan fingerprint density at radius 1 is 1.29 bits per heavy atom. The molecule has 2 nitrogen and oxygen atoms in total. The molecule has 0 heterocycles. The monoisotopic (exact) mass is 309 g/mol. The van der Waals surface area contributed by atoms with Crippen molar-refractivity contribution in [1.29, 1.82) is 0 Å². The summed E-state index contributed by atoms with van der Waals surface area (Å²) in [7, 11) is 0. The zero-order chi connectivity index (χ0) is 15.3. The molecule has 1 aromatic carbocycles. The van der Waals surface area contributed by atoms with Crippen molar-refractivity contribution in [3.63, 3.8) is 0 Å². The zero-order valence-corrected chi connectivity index (χ0v) is 14.2. The highest BCUT2D eigenvalue weighted by atomic mass is 35.5. The average Bonchev–Trinajstić information content (AvgIpc) is 3.21. The van der Waals surface area contributed by atoms with Crippen LogP contribution in [0.2, 0.25) is 5.02 Å². The van der Waals surface area contributed by atoms with E-state index in [0.29, 0.717) is 5.92 Å². The van der Waals surface area contributed by atoms with Gasteiger partial charge in [-0.15, -0.1) is 0 Å². The van der Waals surface area contributed by atoms with Gasteiger partial charge in [0.15, 0.2) is 0 Å². The maximum absolute atomic E-state index is 6.29. The van der Waals surface area contributed by atoms with E-state index in [1.165, 1.54) is 18.4 Å². The number of hydrogen-bond donors (Lipinski definition) is 1. The van der Waals surface area contributed by atoms with Crippen molar-refractivity contribution in [1.82, 2.24) is 5.32 Å². The molecule has 0 amide bonds. The first-order valence-corrected chi connectivity index (χ1v) is 8.38. The molecule has 1 N–H and O–H groups in total. The summed E-state index contributed by atoms with van der Waals surface area (Å²) < 4.78 is 5.91. The summed E-state index contributed by atoms with van der Waals surface area (Å²) in [5, 5.41) is 4.45. The van der Waals surface area contributed by atoms with Gasteiger partial charge in [0.2, 0.25) is 0 Å². The van der Waals surface area contributed by atoms with Crippen LogP contribution in [0.25, 0.3) is 0 Å². The number of benzene rings is 1. The van der Waals surface area contributed by atoms with E-state index in [2.05, 4.69) is 38.2 Å². The second-order valence-corrected chi connectivity index (χ2v) is 7.68. The van der Waals surface area contributed by atoms with Gasteiger partial charge in [-0.2, -0.15) is 0 Å². The lowest BCUT2D eigenvalue weighted by Gasteiger charge is -2.25. The molecule has 1 aromatic rings. The van der Waals surface area contributed by atoms with Gasteiger partial charge in [-0.05, 0) is 63.5 Å². The van der Waals surface area contributed by atoms with Crippen LogP contribution in [0.3, 0.4) is 0 Å². The fraction of sp³-hybridized carbons (Fsp3) is 0.667. The van der Waals surface area contributed by atoms with Gasteiger partial charge in [-0.3, -0.25) is 0 Å². The Bertz CT molecular complexity index is 437. The first-order valence-electron chi connectivity index (χ1n) is 8.00. The average molecular weight is 310 g/mol. The lowest BCUT2D eigenvalue weighted by molar-refractivity contribution is 0.0885. The molecule has 2 rings (SSSR count). The largest absolute Gasteiger partial charge is 0.381 e. The molecule has 1 aliphatic rings. The highest BCUT2D eigenvalue weighted by Crippen LogP contribution is 2.29. The Morgan fingerprint density at radius 2 is 2.00 bits per heavy atom. The predicted molar refractivity (Wildman–Crippen MR) is 89.9 cm³/mol. The summed E-state index contributed by atoms with van der Waals surface area (Å²) in [6.45, 7) is 9.29. The summed E-state index contributed by atoms with van der Waals surface area (Å²) in [5.74, 6) is 1.28. The minimum atomic E-state index is 0.134. The third kappa shape index (κ3) is 6.82. The minimum Gasteiger partial charge on any atom is -0.381 e. The van der Waals surface area contributed by atoms with Gasteiger partial charge in [0.25, 0.3) is 0 Å². The van der Waals surface area contributed by atoms with Crippen molar-refractivity contribution >= 4 is 11.6 Å². The summed E-state index contributed by atoms with van der Waals surface area (Å²) in [6, 6.07) is 8.13. The van der Waals surface area contributed by atoms with Crippen LogP contribution in [-0.4, -0.2) is 25.3 Å². The minimum absolute atomic E-state index is 0.134. The molecular formula is C18H28ClNO. The first kappa shape index (κ1) is 16.8. The van der Waals surface area contributed by atoms with Gasteiger partial charge in [0.1, 0.15) is 0 Å². The Hall–Kier alpha value is -0.570. The van der Waals surface area contributed by atoms with Crippen LogP contribution in [-0.2, 0) is 11.2 Å². The Balaban J connectivity index is 1.87. The second-order valence-electron chi connectivity index (χ2n) is 7.27. The lowest BCUT2D eigenvalue weighted by Crippen LogP contribution is -2.40. The van der Waals surface area contributed by atoms with Crippen molar-refractivity contribution in [2.45, 2.75) is 45.6 Å². The number of ether oxygens (including phenoxy) is 1. The lowest BCUT2D eigenvalue weighted by atomic mass is 9.98. The third-order valence-electron chi connectivity index (χ3n) is 3.79. The fourth-order valence-corrected chi connectivity index (χ4v) is 2.51. The maximum Gasteiger partial charge on any atom is 0.0509 e. The summed E-state index contributed by atoms with van der Waals surface area (Å²) in [4.78, 5) is 0. The normalized spacial score (nSPS) is 17.0. The van der Waals surface area contributed by atoms with Crippen LogP contribution in [0.4, 0.5) is 0 Å². The molecule has 0 bridgehead atoms. The highest BCUT2D eigenvalue weighted by molar-refractivity contribution is 6.31. The van der Waals surface area contributed by atoms with Crippen molar-refractivity contribution in [3.05, 3.63) is 34.9 Å². The Kier molecular flexibility index (Phi) is 6.09. The van der Waals surface area contributed by atoms with E-state index in [9.17, 15) is 0 Å². The van der Waals surface area contributed by atoms with E-state index in [1.807, 2.05) is 12.1 Å². The molecule has 0 aliphatic heterocycles. The van der Waals surface area contributed by atoms with E-state index in [1.54, 1.807) is 0 Å². The van der Waals surface area contributed by atoms with Crippen LogP contribution in [0, 0.1) is 11.8 Å². The first-order chi connectivity index (χ1) is 9.94. The molecule has 0 radical (unpaired) electrons. The Morgan fingerprint density at radius 3 is 2.62 bits per heavy atom. The van der Waals surface area contributed by atoms with Gasteiger partial charge in [0.05, 0.1) is 6.61 Å². The van der Waals surface area contributed by atoms with Crippen molar-refractivity contribution in [3.8, 4) is 0 Å². The van der Waals surface area contributed by atoms with Crippen LogP contribution in [0.15, 0.2) is 24.3 Å². The van der Waals surface area contributed by atoms with Gasteiger partial charge in [-0.25, -0.2) is 0 Å². The number of nitrogens with one attached hydrogen (secondary N) is 1. The zero-order valence-electron chi connectivity index (χ0n) is 13.5. The maximum atomic E-state index is 6.29. The molecule has 1 fully saturated rings.